The first-order chi connectivity index (χ1) is 8.02. The van der Waals surface area contributed by atoms with E-state index in [1.165, 1.54) is 6.07 Å². The summed E-state index contributed by atoms with van der Waals surface area (Å²) in [5.41, 5.74) is 5.07. The molecule has 0 aliphatic carbocycles. The second kappa shape index (κ2) is 4.10. The normalized spacial score (nSPS) is 15.4. The van der Waals surface area contributed by atoms with Gasteiger partial charge in [-0.1, -0.05) is 0 Å². The topological polar surface area (TPSA) is 102 Å². The minimum absolute atomic E-state index is 0.0400. The van der Waals surface area contributed by atoms with Gasteiger partial charge in [-0.3, -0.25) is 4.79 Å². The maximum Gasteiger partial charge on any atom is 0.325 e. The largest absolute Gasteiger partial charge is 0.504 e. The standard InChI is InChI=1S/C10H10FNO5/c11-6-8(13)4(7(12)10(14)15)3-5-9(6)17-2-1-16-5/h3,7,13H,1-2,12H2,(H,14,15). The van der Waals surface area contributed by atoms with Crippen LogP contribution in [0.1, 0.15) is 11.6 Å². The number of carboxylic acids is 1. The van der Waals surface area contributed by atoms with Crippen LogP contribution in [0, 0.1) is 5.82 Å². The minimum Gasteiger partial charge on any atom is -0.504 e. The lowest BCUT2D eigenvalue weighted by Gasteiger charge is -2.21. The van der Waals surface area contributed by atoms with Crippen LogP contribution in [0.15, 0.2) is 6.07 Å². The van der Waals surface area contributed by atoms with Crippen molar-refractivity contribution >= 4 is 5.97 Å². The molecule has 7 heteroatoms. The zero-order valence-electron chi connectivity index (χ0n) is 8.64. The fourth-order valence-electron chi connectivity index (χ4n) is 1.52. The predicted octanol–water partition coefficient (Wildman–Crippen LogP) is 0.387. The summed E-state index contributed by atoms with van der Waals surface area (Å²) in [5, 5.41) is 18.2. The number of carbonyl (C=O) groups is 1. The van der Waals surface area contributed by atoms with Gasteiger partial charge in [0.25, 0.3) is 0 Å². The number of benzene rings is 1. The van der Waals surface area contributed by atoms with E-state index in [1.807, 2.05) is 0 Å². The van der Waals surface area contributed by atoms with Gasteiger partial charge in [0.15, 0.2) is 11.5 Å². The van der Waals surface area contributed by atoms with Gasteiger partial charge >= 0.3 is 5.97 Å². The summed E-state index contributed by atoms with van der Waals surface area (Å²) < 4.78 is 23.8. The van der Waals surface area contributed by atoms with Crippen molar-refractivity contribution in [1.29, 1.82) is 0 Å². The monoisotopic (exact) mass is 243 g/mol. The number of nitrogens with two attached hydrogens (primary N) is 1. The number of carboxylic acid groups (broad SMARTS) is 1. The van der Waals surface area contributed by atoms with E-state index in [1.54, 1.807) is 0 Å². The van der Waals surface area contributed by atoms with Gasteiger partial charge in [-0.2, -0.15) is 4.39 Å². The summed E-state index contributed by atoms with van der Waals surface area (Å²) in [6, 6.07) is -0.355. The SMILES string of the molecule is NC(C(=O)O)c1cc2c(c(F)c1O)OCCO2. The maximum atomic E-state index is 13.7. The molecule has 1 aromatic carbocycles. The highest BCUT2D eigenvalue weighted by molar-refractivity contribution is 5.77. The van der Waals surface area contributed by atoms with Crippen LogP contribution in [-0.4, -0.2) is 29.4 Å². The summed E-state index contributed by atoms with van der Waals surface area (Å²) in [6.45, 7) is 0.382. The maximum absolute atomic E-state index is 13.7. The number of phenols is 1. The van der Waals surface area contributed by atoms with Crippen LogP contribution in [0.5, 0.6) is 17.2 Å². The van der Waals surface area contributed by atoms with Gasteiger partial charge in [-0.25, -0.2) is 0 Å². The van der Waals surface area contributed by atoms with E-state index in [2.05, 4.69) is 0 Å². The van der Waals surface area contributed by atoms with Crippen LogP contribution in [0.2, 0.25) is 0 Å². The zero-order valence-corrected chi connectivity index (χ0v) is 8.64. The van der Waals surface area contributed by atoms with Crippen LogP contribution in [0.25, 0.3) is 0 Å². The first-order valence-corrected chi connectivity index (χ1v) is 4.81. The Balaban J connectivity index is 2.55. The van der Waals surface area contributed by atoms with Crippen LogP contribution in [0.3, 0.4) is 0 Å². The molecule has 6 nitrogen and oxygen atoms in total. The molecule has 1 aromatic rings. The molecule has 1 heterocycles. The van der Waals surface area contributed by atoms with Crippen molar-refractivity contribution in [2.75, 3.05) is 13.2 Å². The van der Waals surface area contributed by atoms with Crippen molar-refractivity contribution in [2.45, 2.75) is 6.04 Å². The second-order valence-electron chi connectivity index (χ2n) is 3.47. The number of rotatable bonds is 2. The number of hydrogen-bond acceptors (Lipinski definition) is 5. The number of aliphatic carboxylic acids is 1. The average Bonchev–Trinajstić information content (AvgIpc) is 2.33. The van der Waals surface area contributed by atoms with Crippen LogP contribution >= 0.6 is 0 Å². The molecule has 1 atom stereocenters. The first kappa shape index (κ1) is 11.5. The summed E-state index contributed by atoms with van der Waals surface area (Å²) in [4.78, 5) is 10.7. The van der Waals surface area contributed by atoms with Gasteiger partial charge in [-0.05, 0) is 6.07 Å². The third-order valence-corrected chi connectivity index (χ3v) is 2.38. The Labute approximate surface area is 95.4 Å². The van der Waals surface area contributed by atoms with Crippen LogP contribution < -0.4 is 15.2 Å². The predicted molar refractivity (Wildman–Crippen MR) is 53.6 cm³/mol. The molecule has 0 radical (unpaired) electrons. The number of hydrogen-bond donors (Lipinski definition) is 3. The average molecular weight is 243 g/mol. The van der Waals surface area contributed by atoms with E-state index in [9.17, 15) is 14.3 Å². The molecule has 4 N–H and O–H groups in total. The molecule has 0 bridgehead atoms. The number of phenolic OH excluding ortho intramolecular Hbond substituents is 1. The summed E-state index contributed by atoms with van der Waals surface area (Å²) in [6.07, 6.45) is 0. The van der Waals surface area contributed by atoms with E-state index in [0.29, 0.717) is 0 Å². The van der Waals surface area contributed by atoms with Gasteiger partial charge in [0, 0.05) is 5.56 Å². The van der Waals surface area contributed by atoms with E-state index >= 15 is 0 Å². The molecule has 0 saturated carbocycles. The fraction of sp³-hybridized carbons (Fsp3) is 0.300. The van der Waals surface area contributed by atoms with E-state index in [-0.39, 0.29) is 30.3 Å². The van der Waals surface area contributed by atoms with E-state index < -0.39 is 23.6 Å². The van der Waals surface area contributed by atoms with Crippen LogP contribution in [0.4, 0.5) is 4.39 Å². The Hall–Kier alpha value is -2.02. The molecule has 1 unspecified atom stereocenters. The van der Waals surface area contributed by atoms with Gasteiger partial charge in [0.1, 0.15) is 19.3 Å². The Kier molecular flexibility index (Phi) is 2.76. The number of halogens is 1. The molecular weight excluding hydrogens is 233 g/mol. The number of ether oxygens (including phenoxy) is 2. The second-order valence-corrected chi connectivity index (χ2v) is 3.47. The Bertz CT molecular complexity index is 476. The molecule has 0 saturated heterocycles. The van der Waals surface area contributed by atoms with Crippen molar-refractivity contribution in [3.05, 3.63) is 17.4 Å². The van der Waals surface area contributed by atoms with Gasteiger partial charge in [0.2, 0.25) is 11.6 Å². The van der Waals surface area contributed by atoms with Gasteiger partial charge in [-0.15, -0.1) is 0 Å². The smallest absolute Gasteiger partial charge is 0.325 e. The van der Waals surface area contributed by atoms with Crippen molar-refractivity contribution < 1.29 is 28.9 Å². The molecule has 17 heavy (non-hydrogen) atoms. The van der Waals surface area contributed by atoms with Crippen LogP contribution in [-0.2, 0) is 4.79 Å². The molecule has 0 amide bonds. The molecule has 0 spiro atoms. The third-order valence-electron chi connectivity index (χ3n) is 2.38. The quantitative estimate of drug-likeness (QED) is 0.694. The van der Waals surface area contributed by atoms with Crippen molar-refractivity contribution in [3.63, 3.8) is 0 Å². The molecule has 0 aromatic heterocycles. The Morgan fingerprint density at radius 3 is 2.76 bits per heavy atom. The molecular formula is C10H10FNO5. The molecule has 0 fully saturated rings. The van der Waals surface area contributed by atoms with Gasteiger partial charge in [0.05, 0.1) is 0 Å². The van der Waals surface area contributed by atoms with E-state index in [0.717, 1.165) is 0 Å². The lowest BCUT2D eigenvalue weighted by molar-refractivity contribution is -0.138. The number of fused-ring (bicyclic) bond motifs is 1. The fourth-order valence-corrected chi connectivity index (χ4v) is 1.52. The third kappa shape index (κ3) is 1.84. The lowest BCUT2D eigenvalue weighted by Crippen LogP contribution is -2.22. The highest BCUT2D eigenvalue weighted by Gasteiger charge is 2.28. The molecule has 92 valence electrons. The van der Waals surface area contributed by atoms with Crippen molar-refractivity contribution in [3.8, 4) is 17.2 Å². The minimum atomic E-state index is -1.53. The zero-order chi connectivity index (χ0) is 12.6. The summed E-state index contributed by atoms with van der Waals surface area (Å²) >= 11 is 0. The lowest BCUT2D eigenvalue weighted by atomic mass is 10.0. The molecule has 1 aliphatic rings. The molecule has 2 rings (SSSR count). The molecule has 1 aliphatic heterocycles. The van der Waals surface area contributed by atoms with Crippen molar-refractivity contribution in [2.24, 2.45) is 5.73 Å². The van der Waals surface area contributed by atoms with E-state index in [4.69, 9.17) is 20.3 Å². The number of aromatic hydroxyl groups is 1. The summed E-state index contributed by atoms with van der Waals surface area (Å²) in [7, 11) is 0. The highest BCUT2D eigenvalue weighted by atomic mass is 19.1. The first-order valence-electron chi connectivity index (χ1n) is 4.81. The Morgan fingerprint density at radius 2 is 2.12 bits per heavy atom. The summed E-state index contributed by atoms with van der Waals surface area (Å²) in [5.74, 6) is -3.46. The Morgan fingerprint density at radius 1 is 1.47 bits per heavy atom. The highest BCUT2D eigenvalue weighted by Crippen LogP contribution is 2.41. The van der Waals surface area contributed by atoms with Crippen molar-refractivity contribution in [1.82, 2.24) is 0 Å². The van der Waals surface area contributed by atoms with Gasteiger partial charge < -0.3 is 25.4 Å².